The third kappa shape index (κ3) is 3.15. The molecule has 0 atom stereocenters. The highest BCUT2D eigenvalue weighted by molar-refractivity contribution is 7.89. The summed E-state index contributed by atoms with van der Waals surface area (Å²) in [5.74, 6) is 0. The highest BCUT2D eigenvalue weighted by atomic mass is 35.5. The van der Waals surface area contributed by atoms with Crippen molar-refractivity contribution >= 4 is 21.6 Å². The zero-order chi connectivity index (χ0) is 15.0. The van der Waals surface area contributed by atoms with Gasteiger partial charge in [0.25, 0.3) is 0 Å². The fourth-order valence-corrected chi connectivity index (χ4v) is 4.26. The minimum absolute atomic E-state index is 0.0309. The Bertz CT molecular complexity index is 600. The van der Waals surface area contributed by atoms with Gasteiger partial charge in [0, 0.05) is 13.1 Å². The molecule has 112 valence electrons. The molecule has 20 heavy (non-hydrogen) atoms. The second-order valence-corrected chi connectivity index (χ2v) is 7.68. The van der Waals surface area contributed by atoms with Crippen molar-refractivity contribution in [2.45, 2.75) is 31.0 Å². The standard InChI is InChI=1S/C13H18ClNO4S/c1-13(2)9-15(5-6-19-13)20(17,18)12-7-10(8-16)3-4-11(12)14/h3-4,7,16H,5-6,8-9H2,1-2H3. The third-order valence-corrected chi connectivity index (χ3v) is 5.51. The fourth-order valence-electron chi connectivity index (χ4n) is 2.16. The van der Waals surface area contributed by atoms with E-state index in [2.05, 4.69) is 0 Å². The van der Waals surface area contributed by atoms with Crippen molar-refractivity contribution in [3.8, 4) is 0 Å². The maximum absolute atomic E-state index is 12.7. The molecule has 2 rings (SSSR count). The van der Waals surface area contributed by atoms with Crippen LogP contribution in [0.25, 0.3) is 0 Å². The van der Waals surface area contributed by atoms with E-state index in [-0.39, 0.29) is 23.1 Å². The van der Waals surface area contributed by atoms with Crippen LogP contribution in [-0.2, 0) is 21.4 Å². The number of aliphatic hydroxyl groups excluding tert-OH is 1. The van der Waals surface area contributed by atoms with Gasteiger partial charge in [-0.05, 0) is 31.5 Å². The Balaban J connectivity index is 2.40. The van der Waals surface area contributed by atoms with E-state index in [4.69, 9.17) is 21.4 Å². The molecule has 0 saturated carbocycles. The summed E-state index contributed by atoms with van der Waals surface area (Å²) in [6.45, 7) is 4.39. The number of morpholine rings is 1. The van der Waals surface area contributed by atoms with Gasteiger partial charge in [0.05, 0.1) is 23.8 Å². The molecule has 1 fully saturated rings. The predicted molar refractivity (Wildman–Crippen MR) is 76.2 cm³/mol. The van der Waals surface area contributed by atoms with E-state index in [1.54, 1.807) is 6.07 Å². The van der Waals surface area contributed by atoms with Crippen LogP contribution in [0.4, 0.5) is 0 Å². The molecule has 0 amide bonds. The molecule has 0 unspecified atom stereocenters. The van der Waals surface area contributed by atoms with Crippen molar-refractivity contribution in [3.63, 3.8) is 0 Å². The summed E-state index contributed by atoms with van der Waals surface area (Å²) in [5.41, 5.74) is -0.00710. The molecule has 1 aliphatic heterocycles. The van der Waals surface area contributed by atoms with Crippen LogP contribution in [0, 0.1) is 0 Å². The highest BCUT2D eigenvalue weighted by Crippen LogP contribution is 2.29. The van der Waals surface area contributed by atoms with Crippen molar-refractivity contribution < 1.29 is 18.3 Å². The number of hydrogen-bond acceptors (Lipinski definition) is 4. The lowest BCUT2D eigenvalue weighted by Gasteiger charge is -2.37. The lowest BCUT2D eigenvalue weighted by molar-refractivity contribution is -0.0640. The second-order valence-electron chi connectivity index (χ2n) is 5.37. The van der Waals surface area contributed by atoms with E-state index in [0.717, 1.165) is 0 Å². The van der Waals surface area contributed by atoms with Gasteiger partial charge in [-0.2, -0.15) is 4.31 Å². The summed E-state index contributed by atoms with van der Waals surface area (Å²) < 4.78 is 32.2. The van der Waals surface area contributed by atoms with Crippen molar-refractivity contribution in [1.29, 1.82) is 0 Å². The van der Waals surface area contributed by atoms with Crippen LogP contribution in [0.15, 0.2) is 23.1 Å². The lowest BCUT2D eigenvalue weighted by atomic mass is 10.1. The van der Waals surface area contributed by atoms with E-state index < -0.39 is 15.6 Å². The van der Waals surface area contributed by atoms with Crippen molar-refractivity contribution in [2.75, 3.05) is 19.7 Å². The number of nitrogens with zero attached hydrogens (tertiary/aromatic N) is 1. The van der Waals surface area contributed by atoms with Gasteiger partial charge < -0.3 is 9.84 Å². The number of benzene rings is 1. The quantitative estimate of drug-likeness (QED) is 0.919. The van der Waals surface area contributed by atoms with Crippen molar-refractivity contribution in [3.05, 3.63) is 28.8 Å². The minimum atomic E-state index is -3.69. The zero-order valence-electron chi connectivity index (χ0n) is 11.5. The molecule has 0 aromatic heterocycles. The predicted octanol–water partition coefficient (Wildman–Crippen LogP) is 1.63. The number of halogens is 1. The smallest absolute Gasteiger partial charge is 0.244 e. The minimum Gasteiger partial charge on any atom is -0.392 e. The molecule has 0 bridgehead atoms. The largest absolute Gasteiger partial charge is 0.392 e. The fraction of sp³-hybridized carbons (Fsp3) is 0.538. The molecular weight excluding hydrogens is 302 g/mol. The molecule has 0 spiro atoms. The number of hydrogen-bond donors (Lipinski definition) is 1. The molecule has 5 nitrogen and oxygen atoms in total. The summed E-state index contributed by atoms with van der Waals surface area (Å²) >= 11 is 6.01. The van der Waals surface area contributed by atoms with Gasteiger partial charge in [-0.1, -0.05) is 17.7 Å². The maximum Gasteiger partial charge on any atom is 0.244 e. The number of rotatable bonds is 3. The normalized spacial score (nSPS) is 20.0. The Morgan fingerprint density at radius 3 is 2.75 bits per heavy atom. The van der Waals surface area contributed by atoms with Crippen LogP contribution in [0.5, 0.6) is 0 Å². The first-order valence-electron chi connectivity index (χ1n) is 6.30. The van der Waals surface area contributed by atoms with Crippen LogP contribution >= 0.6 is 11.6 Å². The third-order valence-electron chi connectivity index (χ3n) is 3.19. The molecule has 1 aliphatic rings. The molecule has 1 aromatic carbocycles. The van der Waals surface area contributed by atoms with Crippen LogP contribution in [0.2, 0.25) is 5.02 Å². The van der Waals surface area contributed by atoms with Crippen molar-refractivity contribution in [1.82, 2.24) is 4.31 Å². The molecular formula is C13H18ClNO4S. The Morgan fingerprint density at radius 2 is 2.15 bits per heavy atom. The molecule has 1 saturated heterocycles. The van der Waals surface area contributed by atoms with E-state index >= 15 is 0 Å². The van der Waals surface area contributed by atoms with Gasteiger partial charge in [-0.15, -0.1) is 0 Å². The van der Waals surface area contributed by atoms with Crippen LogP contribution < -0.4 is 0 Å². The summed E-state index contributed by atoms with van der Waals surface area (Å²) in [6, 6.07) is 4.51. The van der Waals surface area contributed by atoms with Crippen molar-refractivity contribution in [2.24, 2.45) is 0 Å². The molecule has 7 heteroatoms. The number of aliphatic hydroxyl groups is 1. The SMILES string of the molecule is CC1(C)CN(S(=O)(=O)c2cc(CO)ccc2Cl)CCO1. The van der Waals surface area contributed by atoms with Gasteiger partial charge in [-0.25, -0.2) is 8.42 Å². The van der Waals surface area contributed by atoms with Crippen LogP contribution in [0.1, 0.15) is 19.4 Å². The van der Waals surface area contributed by atoms with E-state index in [0.29, 0.717) is 18.7 Å². The first kappa shape index (κ1) is 15.7. The van der Waals surface area contributed by atoms with Gasteiger partial charge in [-0.3, -0.25) is 0 Å². The number of sulfonamides is 1. The molecule has 1 heterocycles. The van der Waals surface area contributed by atoms with Crippen LogP contribution in [-0.4, -0.2) is 43.1 Å². The van der Waals surface area contributed by atoms with E-state index in [1.165, 1.54) is 16.4 Å². The molecule has 1 aromatic rings. The summed E-state index contributed by atoms with van der Waals surface area (Å²) in [6.07, 6.45) is 0. The summed E-state index contributed by atoms with van der Waals surface area (Å²) in [4.78, 5) is 0.0309. The molecule has 0 aliphatic carbocycles. The monoisotopic (exact) mass is 319 g/mol. The average molecular weight is 320 g/mol. The maximum atomic E-state index is 12.7. The number of ether oxygens (including phenoxy) is 1. The Hall–Kier alpha value is -0.660. The Labute approximate surface area is 124 Å². The summed E-state index contributed by atoms with van der Waals surface area (Å²) in [7, 11) is -3.69. The van der Waals surface area contributed by atoms with Gasteiger partial charge in [0.15, 0.2) is 0 Å². The van der Waals surface area contributed by atoms with Gasteiger partial charge in [0.1, 0.15) is 4.90 Å². The lowest BCUT2D eigenvalue weighted by Crippen LogP contribution is -2.50. The second kappa shape index (κ2) is 5.61. The average Bonchev–Trinajstić information content (AvgIpc) is 2.38. The highest BCUT2D eigenvalue weighted by Gasteiger charge is 2.35. The van der Waals surface area contributed by atoms with Gasteiger partial charge in [0.2, 0.25) is 10.0 Å². The molecule has 0 radical (unpaired) electrons. The first-order chi connectivity index (χ1) is 9.26. The Morgan fingerprint density at radius 1 is 1.45 bits per heavy atom. The first-order valence-corrected chi connectivity index (χ1v) is 8.11. The zero-order valence-corrected chi connectivity index (χ0v) is 13.0. The summed E-state index contributed by atoms with van der Waals surface area (Å²) in [5, 5.41) is 9.30. The topological polar surface area (TPSA) is 66.8 Å². The molecule has 1 N–H and O–H groups in total. The van der Waals surface area contributed by atoms with E-state index in [1.807, 2.05) is 13.8 Å². The van der Waals surface area contributed by atoms with E-state index in [9.17, 15) is 8.42 Å². The van der Waals surface area contributed by atoms with Crippen LogP contribution in [0.3, 0.4) is 0 Å². The van der Waals surface area contributed by atoms with Gasteiger partial charge >= 0.3 is 0 Å². The Kier molecular flexibility index (Phi) is 4.41.